The maximum atomic E-state index is 11.9. The van der Waals surface area contributed by atoms with Crippen LogP contribution >= 0.6 is 0 Å². The zero-order valence-electron chi connectivity index (χ0n) is 17.5. The molecule has 6 heteroatoms. The van der Waals surface area contributed by atoms with Crippen LogP contribution in [0.1, 0.15) is 79.3 Å². The third-order valence-corrected chi connectivity index (χ3v) is 5.84. The third-order valence-electron chi connectivity index (χ3n) is 5.84. The number of carboxylic acids is 2. The molecule has 0 saturated heterocycles. The van der Waals surface area contributed by atoms with Crippen LogP contribution in [0.15, 0.2) is 36.0 Å². The van der Waals surface area contributed by atoms with Crippen LogP contribution in [0, 0.1) is 5.92 Å². The Morgan fingerprint density at radius 2 is 1.87 bits per heavy atom. The third kappa shape index (κ3) is 5.59. The van der Waals surface area contributed by atoms with E-state index < -0.39 is 11.9 Å². The van der Waals surface area contributed by atoms with Crippen LogP contribution in [0.4, 0.5) is 0 Å². The molecule has 2 aromatic rings. The molecule has 160 valence electrons. The fraction of sp³-hybridized carbons (Fsp3) is 0.458. The molecule has 1 aromatic heterocycles. The zero-order valence-corrected chi connectivity index (χ0v) is 17.5. The molecule has 6 nitrogen and oxygen atoms in total. The average molecular weight is 411 g/mol. The number of carboxylic acid groups (broad SMARTS) is 2. The van der Waals surface area contributed by atoms with E-state index in [-0.39, 0.29) is 5.56 Å². The van der Waals surface area contributed by atoms with Gasteiger partial charge in [-0.25, -0.2) is 14.6 Å². The molecular weight excluding hydrogens is 380 g/mol. The van der Waals surface area contributed by atoms with E-state index in [0.717, 1.165) is 49.2 Å². The average Bonchev–Trinajstić information content (AvgIpc) is 3.37. The summed E-state index contributed by atoms with van der Waals surface area (Å²) in [5.74, 6) is -0.437. The number of unbranched alkanes of at least 4 members (excludes halogenated alkanes) is 1. The van der Waals surface area contributed by atoms with E-state index in [0.29, 0.717) is 24.5 Å². The number of aliphatic carboxylic acids is 1. The van der Waals surface area contributed by atoms with Crippen molar-refractivity contribution in [3.05, 3.63) is 58.7 Å². The van der Waals surface area contributed by atoms with Crippen LogP contribution in [-0.2, 0) is 17.8 Å². The van der Waals surface area contributed by atoms with Crippen LogP contribution in [0.5, 0.6) is 0 Å². The number of hydrogen-bond acceptors (Lipinski definition) is 3. The van der Waals surface area contributed by atoms with Crippen molar-refractivity contribution in [2.45, 2.75) is 64.8 Å². The number of aromatic nitrogens is 2. The lowest BCUT2D eigenvalue weighted by Gasteiger charge is -2.13. The minimum absolute atomic E-state index is 0.250. The van der Waals surface area contributed by atoms with Gasteiger partial charge in [0.15, 0.2) is 0 Å². The van der Waals surface area contributed by atoms with Gasteiger partial charge in [-0.1, -0.05) is 51.2 Å². The molecule has 1 aliphatic rings. The molecule has 2 N–H and O–H groups in total. The van der Waals surface area contributed by atoms with Crippen molar-refractivity contribution in [3.8, 4) is 0 Å². The first-order chi connectivity index (χ1) is 14.5. The summed E-state index contributed by atoms with van der Waals surface area (Å²) in [6, 6.07) is 6.80. The Morgan fingerprint density at radius 3 is 2.47 bits per heavy atom. The molecule has 1 aliphatic carbocycles. The van der Waals surface area contributed by atoms with E-state index in [1.807, 2.05) is 0 Å². The lowest BCUT2D eigenvalue weighted by molar-refractivity contribution is -0.132. The van der Waals surface area contributed by atoms with Crippen LogP contribution in [0.25, 0.3) is 6.08 Å². The van der Waals surface area contributed by atoms with Crippen molar-refractivity contribution < 1.29 is 19.8 Å². The highest BCUT2D eigenvalue weighted by molar-refractivity contribution is 5.92. The van der Waals surface area contributed by atoms with Gasteiger partial charge >= 0.3 is 11.9 Å². The number of aromatic carboxylic acids is 1. The van der Waals surface area contributed by atoms with Crippen molar-refractivity contribution in [2.75, 3.05) is 0 Å². The standard InChI is InChI=1S/C24H30N2O4/c1-2-3-8-22-25-15-21(14-20(24(29)30)13-17-6-4-5-7-17)26(22)16-18-9-11-19(12-10-18)23(27)28/h9-12,14-15,17H,2-8,13,16H2,1H3,(H,27,28)(H,29,30)/b20-14+. The Hall–Kier alpha value is -2.89. The summed E-state index contributed by atoms with van der Waals surface area (Å²) in [5.41, 5.74) is 2.43. The molecule has 0 atom stereocenters. The first-order valence-electron chi connectivity index (χ1n) is 10.8. The van der Waals surface area contributed by atoms with Gasteiger partial charge < -0.3 is 14.8 Å². The second-order valence-corrected chi connectivity index (χ2v) is 8.12. The molecule has 1 aromatic carbocycles. The number of imidazole rings is 1. The minimum atomic E-state index is -0.950. The number of hydrogen-bond donors (Lipinski definition) is 2. The van der Waals surface area contributed by atoms with Gasteiger partial charge in [0.1, 0.15) is 5.82 Å². The minimum Gasteiger partial charge on any atom is -0.478 e. The summed E-state index contributed by atoms with van der Waals surface area (Å²) < 4.78 is 2.06. The van der Waals surface area contributed by atoms with E-state index in [1.165, 1.54) is 12.8 Å². The number of carbonyl (C=O) groups is 2. The highest BCUT2D eigenvalue weighted by atomic mass is 16.4. The monoisotopic (exact) mass is 410 g/mol. The molecule has 0 aliphatic heterocycles. The topological polar surface area (TPSA) is 92.4 Å². The molecule has 0 spiro atoms. The summed E-state index contributed by atoms with van der Waals surface area (Å²) in [7, 11) is 0. The van der Waals surface area contributed by atoms with E-state index in [2.05, 4.69) is 16.5 Å². The summed E-state index contributed by atoms with van der Waals surface area (Å²) in [4.78, 5) is 27.6. The Balaban J connectivity index is 1.90. The second-order valence-electron chi connectivity index (χ2n) is 8.12. The van der Waals surface area contributed by atoms with E-state index in [1.54, 1.807) is 36.5 Å². The Kier molecular flexibility index (Phi) is 7.44. The summed E-state index contributed by atoms with van der Waals surface area (Å²) >= 11 is 0. The van der Waals surface area contributed by atoms with Crippen LogP contribution in [0.3, 0.4) is 0 Å². The van der Waals surface area contributed by atoms with Gasteiger partial charge in [-0.15, -0.1) is 0 Å². The molecular formula is C24H30N2O4. The van der Waals surface area contributed by atoms with Crippen molar-refractivity contribution in [1.29, 1.82) is 0 Å². The van der Waals surface area contributed by atoms with Gasteiger partial charge in [-0.05, 0) is 42.5 Å². The predicted octanol–water partition coefficient (Wildman–Crippen LogP) is 5.02. The van der Waals surface area contributed by atoms with Gasteiger partial charge in [0.05, 0.1) is 17.5 Å². The second kappa shape index (κ2) is 10.2. The fourth-order valence-corrected chi connectivity index (χ4v) is 4.11. The summed E-state index contributed by atoms with van der Waals surface area (Å²) in [5, 5.41) is 18.9. The number of nitrogens with zero attached hydrogens (tertiary/aromatic N) is 2. The normalized spacial score (nSPS) is 14.9. The Morgan fingerprint density at radius 1 is 1.17 bits per heavy atom. The first-order valence-corrected chi connectivity index (χ1v) is 10.8. The van der Waals surface area contributed by atoms with E-state index in [9.17, 15) is 14.7 Å². The van der Waals surface area contributed by atoms with Gasteiger partial charge in [0.25, 0.3) is 0 Å². The SMILES string of the molecule is CCCCc1ncc(/C=C(\CC2CCCC2)C(=O)O)n1Cc1ccc(C(=O)O)cc1. The van der Waals surface area contributed by atoms with Crippen molar-refractivity contribution in [3.63, 3.8) is 0 Å². The van der Waals surface area contributed by atoms with E-state index >= 15 is 0 Å². The maximum absolute atomic E-state index is 11.9. The largest absolute Gasteiger partial charge is 0.478 e. The number of benzene rings is 1. The molecule has 0 bridgehead atoms. The van der Waals surface area contributed by atoms with Crippen molar-refractivity contribution in [2.24, 2.45) is 5.92 Å². The number of rotatable bonds is 10. The van der Waals surface area contributed by atoms with Gasteiger partial charge in [0.2, 0.25) is 0 Å². The molecule has 1 heterocycles. The first kappa shape index (κ1) is 21.8. The Bertz CT molecular complexity index is 906. The molecule has 1 fully saturated rings. The molecule has 0 radical (unpaired) electrons. The smallest absolute Gasteiger partial charge is 0.335 e. The zero-order chi connectivity index (χ0) is 21.5. The van der Waals surface area contributed by atoms with Gasteiger partial charge in [-0.2, -0.15) is 0 Å². The molecule has 3 rings (SSSR count). The molecule has 0 amide bonds. The number of aryl methyl sites for hydroxylation is 1. The lowest BCUT2D eigenvalue weighted by atomic mass is 9.97. The fourth-order valence-electron chi connectivity index (χ4n) is 4.11. The van der Waals surface area contributed by atoms with E-state index in [4.69, 9.17) is 5.11 Å². The highest BCUT2D eigenvalue weighted by Crippen LogP contribution is 2.31. The quantitative estimate of drug-likeness (QED) is 0.537. The summed E-state index contributed by atoms with van der Waals surface area (Å²) in [6.45, 7) is 2.66. The van der Waals surface area contributed by atoms with Gasteiger partial charge in [0, 0.05) is 18.5 Å². The summed E-state index contributed by atoms with van der Waals surface area (Å²) in [6.07, 6.45) is 11.6. The molecule has 0 unspecified atom stereocenters. The Labute approximate surface area is 177 Å². The molecule has 1 saturated carbocycles. The molecule has 30 heavy (non-hydrogen) atoms. The van der Waals surface area contributed by atoms with Crippen LogP contribution in [0.2, 0.25) is 0 Å². The lowest BCUT2D eigenvalue weighted by Crippen LogP contribution is -2.10. The highest BCUT2D eigenvalue weighted by Gasteiger charge is 2.20. The van der Waals surface area contributed by atoms with Crippen LogP contribution < -0.4 is 0 Å². The van der Waals surface area contributed by atoms with Crippen LogP contribution in [-0.4, -0.2) is 31.7 Å². The van der Waals surface area contributed by atoms with Crippen molar-refractivity contribution >= 4 is 18.0 Å². The van der Waals surface area contributed by atoms with Gasteiger partial charge in [-0.3, -0.25) is 0 Å². The van der Waals surface area contributed by atoms with Crippen molar-refractivity contribution in [1.82, 2.24) is 9.55 Å². The maximum Gasteiger partial charge on any atom is 0.335 e. The predicted molar refractivity (Wildman–Crippen MR) is 116 cm³/mol.